The molecule has 4 nitrogen and oxygen atoms in total. The van der Waals surface area contributed by atoms with E-state index in [4.69, 9.17) is 5.11 Å². The van der Waals surface area contributed by atoms with Gasteiger partial charge in [0.15, 0.2) is 0 Å². The van der Waals surface area contributed by atoms with Crippen LogP contribution in [0.2, 0.25) is 0 Å². The van der Waals surface area contributed by atoms with Crippen LogP contribution in [0, 0.1) is 6.92 Å². The van der Waals surface area contributed by atoms with Crippen molar-refractivity contribution in [2.45, 2.75) is 20.0 Å². The molecule has 0 saturated carbocycles. The summed E-state index contributed by atoms with van der Waals surface area (Å²) in [6.45, 7) is 3.19. The third kappa shape index (κ3) is 3.12. The van der Waals surface area contributed by atoms with E-state index in [9.17, 15) is 4.79 Å². The van der Waals surface area contributed by atoms with Crippen molar-refractivity contribution in [1.29, 1.82) is 0 Å². The summed E-state index contributed by atoms with van der Waals surface area (Å²) in [4.78, 5) is 15.6. The predicted molar refractivity (Wildman–Crippen MR) is 68.7 cm³/mol. The van der Waals surface area contributed by atoms with Gasteiger partial charge in [-0.05, 0) is 23.9 Å². The van der Waals surface area contributed by atoms with Gasteiger partial charge in [0.05, 0.1) is 0 Å². The molecule has 0 aromatic carbocycles. The van der Waals surface area contributed by atoms with Gasteiger partial charge in [0.25, 0.3) is 0 Å². The minimum atomic E-state index is -0.859. The van der Waals surface area contributed by atoms with E-state index in [2.05, 4.69) is 10.3 Å². The van der Waals surface area contributed by atoms with Crippen molar-refractivity contribution in [3.8, 4) is 0 Å². The molecule has 2 aromatic heterocycles. The van der Waals surface area contributed by atoms with Gasteiger partial charge in [-0.1, -0.05) is 0 Å². The van der Waals surface area contributed by atoms with E-state index in [-0.39, 0.29) is 0 Å². The molecule has 0 saturated heterocycles. The van der Waals surface area contributed by atoms with E-state index >= 15 is 0 Å². The van der Waals surface area contributed by atoms with E-state index in [1.165, 1.54) is 11.3 Å². The number of aromatic carboxylic acids is 1. The minimum absolute atomic E-state index is 0.410. The molecule has 2 heterocycles. The van der Waals surface area contributed by atoms with Crippen molar-refractivity contribution in [3.63, 3.8) is 0 Å². The molecule has 2 N–H and O–H groups in total. The van der Waals surface area contributed by atoms with Crippen LogP contribution in [-0.4, -0.2) is 16.1 Å². The maximum atomic E-state index is 10.9. The Bertz CT molecular complexity index is 519. The molecule has 0 aliphatic rings. The SMILES string of the molecule is Cc1csc(CNCc2ccsc2C(=O)O)n1. The highest BCUT2D eigenvalue weighted by atomic mass is 32.1. The average molecular weight is 268 g/mol. The number of hydrogen-bond donors (Lipinski definition) is 2. The molecule has 0 spiro atoms. The number of hydrogen-bond acceptors (Lipinski definition) is 5. The molecule has 0 aliphatic carbocycles. The molecule has 0 amide bonds. The van der Waals surface area contributed by atoms with E-state index in [1.807, 2.05) is 18.4 Å². The van der Waals surface area contributed by atoms with Crippen LogP contribution in [0.1, 0.15) is 25.9 Å². The molecule has 0 atom stereocenters. The average Bonchev–Trinajstić information content (AvgIpc) is 2.87. The van der Waals surface area contributed by atoms with Crippen molar-refractivity contribution in [2.75, 3.05) is 0 Å². The van der Waals surface area contributed by atoms with Crippen LogP contribution in [0.15, 0.2) is 16.8 Å². The van der Waals surface area contributed by atoms with Gasteiger partial charge in [-0.15, -0.1) is 22.7 Å². The maximum Gasteiger partial charge on any atom is 0.346 e. The Balaban J connectivity index is 1.90. The van der Waals surface area contributed by atoms with E-state index in [0.717, 1.165) is 16.3 Å². The fourth-order valence-corrected chi connectivity index (χ4v) is 2.95. The first kappa shape index (κ1) is 12.2. The van der Waals surface area contributed by atoms with Crippen LogP contribution >= 0.6 is 22.7 Å². The Morgan fingerprint density at radius 1 is 1.47 bits per heavy atom. The number of aromatic nitrogens is 1. The second-order valence-corrected chi connectivity index (χ2v) is 5.43. The maximum absolute atomic E-state index is 10.9. The first-order valence-corrected chi connectivity index (χ1v) is 6.84. The number of carboxylic acid groups (broad SMARTS) is 1. The number of rotatable bonds is 5. The summed E-state index contributed by atoms with van der Waals surface area (Å²) in [7, 11) is 0. The highest BCUT2D eigenvalue weighted by molar-refractivity contribution is 7.12. The lowest BCUT2D eigenvalue weighted by molar-refractivity contribution is 0.0701. The van der Waals surface area contributed by atoms with Crippen molar-refractivity contribution < 1.29 is 9.90 Å². The summed E-state index contributed by atoms with van der Waals surface area (Å²) in [5.74, 6) is -0.859. The summed E-state index contributed by atoms with van der Waals surface area (Å²) in [6.07, 6.45) is 0. The Labute approximate surface area is 107 Å². The zero-order chi connectivity index (χ0) is 12.3. The van der Waals surface area contributed by atoms with Crippen molar-refractivity contribution in [1.82, 2.24) is 10.3 Å². The van der Waals surface area contributed by atoms with Gasteiger partial charge in [0, 0.05) is 24.2 Å². The molecule has 2 aromatic rings. The number of nitrogens with one attached hydrogen (secondary N) is 1. The Morgan fingerprint density at radius 2 is 2.29 bits per heavy atom. The second-order valence-electron chi connectivity index (χ2n) is 3.57. The standard InChI is InChI=1S/C11H12N2O2S2/c1-7-6-17-9(13-7)5-12-4-8-2-3-16-10(8)11(14)15/h2-3,6,12H,4-5H2,1H3,(H,14,15). The molecule has 0 aliphatic heterocycles. The Kier molecular flexibility index (Phi) is 3.88. The summed E-state index contributed by atoms with van der Waals surface area (Å²) >= 11 is 2.87. The number of carbonyl (C=O) groups is 1. The van der Waals surface area contributed by atoms with Crippen molar-refractivity contribution in [3.05, 3.63) is 38.0 Å². The second kappa shape index (κ2) is 5.39. The number of thiazole rings is 1. The fourth-order valence-electron chi connectivity index (χ4n) is 1.45. The minimum Gasteiger partial charge on any atom is -0.477 e. The molecular weight excluding hydrogens is 256 g/mol. The van der Waals surface area contributed by atoms with Crippen LogP contribution in [0.25, 0.3) is 0 Å². The van der Waals surface area contributed by atoms with Crippen LogP contribution in [0.3, 0.4) is 0 Å². The molecule has 2 rings (SSSR count). The van der Waals surface area contributed by atoms with Gasteiger partial charge in [0.1, 0.15) is 9.88 Å². The summed E-state index contributed by atoms with van der Waals surface area (Å²) in [6, 6.07) is 1.84. The number of thiophene rings is 1. The smallest absolute Gasteiger partial charge is 0.346 e. The number of aryl methyl sites for hydroxylation is 1. The Hall–Kier alpha value is -1.24. The molecule has 6 heteroatoms. The molecule has 17 heavy (non-hydrogen) atoms. The monoisotopic (exact) mass is 268 g/mol. The van der Waals surface area contributed by atoms with Crippen molar-refractivity contribution in [2.24, 2.45) is 0 Å². The normalized spacial score (nSPS) is 10.6. The number of carboxylic acids is 1. The highest BCUT2D eigenvalue weighted by Crippen LogP contribution is 2.16. The zero-order valence-electron chi connectivity index (χ0n) is 9.27. The summed E-state index contributed by atoms with van der Waals surface area (Å²) in [5, 5.41) is 17.0. The fraction of sp³-hybridized carbons (Fsp3) is 0.273. The zero-order valence-corrected chi connectivity index (χ0v) is 10.9. The van der Waals surface area contributed by atoms with Gasteiger partial charge in [-0.25, -0.2) is 9.78 Å². The quantitative estimate of drug-likeness (QED) is 0.874. The summed E-state index contributed by atoms with van der Waals surface area (Å²) in [5.41, 5.74) is 1.85. The first-order valence-electron chi connectivity index (χ1n) is 5.08. The van der Waals surface area contributed by atoms with E-state index < -0.39 is 5.97 Å². The Morgan fingerprint density at radius 3 is 2.94 bits per heavy atom. The van der Waals surface area contributed by atoms with Gasteiger partial charge < -0.3 is 10.4 Å². The lowest BCUT2D eigenvalue weighted by atomic mass is 10.2. The van der Waals surface area contributed by atoms with Gasteiger partial charge in [0.2, 0.25) is 0 Å². The molecule has 0 unspecified atom stereocenters. The van der Waals surface area contributed by atoms with E-state index in [0.29, 0.717) is 18.0 Å². The molecule has 90 valence electrons. The van der Waals surface area contributed by atoms with Crippen molar-refractivity contribution >= 4 is 28.6 Å². The molecule has 0 bridgehead atoms. The van der Waals surface area contributed by atoms with Crippen LogP contribution in [-0.2, 0) is 13.1 Å². The first-order chi connectivity index (χ1) is 8.16. The van der Waals surface area contributed by atoms with E-state index in [1.54, 1.807) is 16.7 Å². The van der Waals surface area contributed by atoms with Gasteiger partial charge in [-0.3, -0.25) is 0 Å². The highest BCUT2D eigenvalue weighted by Gasteiger charge is 2.10. The van der Waals surface area contributed by atoms with Gasteiger partial charge >= 0.3 is 5.97 Å². The van der Waals surface area contributed by atoms with Crippen LogP contribution in [0.4, 0.5) is 0 Å². The molecular formula is C11H12N2O2S2. The van der Waals surface area contributed by atoms with Crippen LogP contribution in [0.5, 0.6) is 0 Å². The molecule has 0 fully saturated rings. The summed E-state index contributed by atoms with van der Waals surface area (Å²) < 4.78 is 0. The lowest BCUT2D eigenvalue weighted by Gasteiger charge is -2.01. The largest absolute Gasteiger partial charge is 0.477 e. The van der Waals surface area contributed by atoms with Gasteiger partial charge in [-0.2, -0.15) is 0 Å². The predicted octanol–water partition coefficient (Wildman–Crippen LogP) is 2.50. The molecule has 0 radical (unpaired) electrons. The topological polar surface area (TPSA) is 62.2 Å². The lowest BCUT2D eigenvalue weighted by Crippen LogP contribution is -2.14. The third-order valence-electron chi connectivity index (χ3n) is 2.20. The third-order valence-corrected chi connectivity index (χ3v) is 4.11. The van der Waals surface area contributed by atoms with Crippen LogP contribution < -0.4 is 5.32 Å². The number of nitrogens with zero attached hydrogens (tertiary/aromatic N) is 1.